The molecule has 2 aromatic rings. The minimum atomic E-state index is -0.101. The molecule has 4 rings (SSSR count). The van der Waals surface area contributed by atoms with Crippen molar-refractivity contribution in [2.24, 2.45) is 0 Å². The molecule has 3 N–H and O–H groups in total. The maximum atomic E-state index is 12.7. The third kappa shape index (κ3) is 4.72. The number of allylic oxidation sites excluding steroid dienone is 1. The molecule has 1 saturated carbocycles. The van der Waals surface area contributed by atoms with Crippen LogP contribution in [0.2, 0.25) is 10.0 Å². The summed E-state index contributed by atoms with van der Waals surface area (Å²) in [4.78, 5) is 23.3. The number of carbonyl (C=O) groups excluding carboxylic acids is 1. The lowest BCUT2D eigenvalue weighted by molar-refractivity contribution is 0.186. The lowest BCUT2D eigenvalue weighted by Crippen LogP contribution is -2.45. The van der Waals surface area contributed by atoms with Gasteiger partial charge in [0.25, 0.3) is 0 Å². The second-order valence-electron chi connectivity index (χ2n) is 7.74. The lowest BCUT2D eigenvalue weighted by atomic mass is 9.93. The number of nitrogens with one attached hydrogen (secondary N) is 1. The van der Waals surface area contributed by atoms with Gasteiger partial charge in [-0.25, -0.2) is 14.8 Å². The van der Waals surface area contributed by atoms with Crippen LogP contribution in [0.25, 0.3) is 11.3 Å². The Balaban J connectivity index is 1.67. The van der Waals surface area contributed by atoms with E-state index in [0.717, 1.165) is 31.2 Å². The molecule has 0 spiro atoms. The van der Waals surface area contributed by atoms with E-state index in [-0.39, 0.29) is 18.0 Å². The van der Waals surface area contributed by atoms with Crippen LogP contribution in [0.4, 0.5) is 10.7 Å². The summed E-state index contributed by atoms with van der Waals surface area (Å²) in [6, 6.07) is 3.52. The maximum Gasteiger partial charge on any atom is 0.318 e. The van der Waals surface area contributed by atoms with Crippen molar-refractivity contribution >= 4 is 35.2 Å². The van der Waals surface area contributed by atoms with E-state index in [2.05, 4.69) is 22.2 Å². The number of aromatic nitrogens is 2. The number of amides is 2. The first-order chi connectivity index (χ1) is 15.0. The topological polar surface area (TPSA) is 93.4 Å². The second-order valence-corrected chi connectivity index (χ2v) is 8.58. The van der Waals surface area contributed by atoms with E-state index in [1.54, 1.807) is 17.0 Å². The predicted octanol–water partition coefficient (Wildman–Crippen LogP) is 4.96. The molecule has 1 aliphatic carbocycles. The maximum absolute atomic E-state index is 12.7. The average molecular weight is 462 g/mol. The zero-order valence-electron chi connectivity index (χ0n) is 17.3. The Labute approximate surface area is 191 Å². The second kappa shape index (κ2) is 9.32. The zero-order valence-corrected chi connectivity index (χ0v) is 18.8. The summed E-state index contributed by atoms with van der Waals surface area (Å²) in [5.41, 5.74) is 8.71. The van der Waals surface area contributed by atoms with Crippen LogP contribution in [0, 0.1) is 0 Å². The van der Waals surface area contributed by atoms with Gasteiger partial charge in [0.05, 0.1) is 35.1 Å². The van der Waals surface area contributed by atoms with Gasteiger partial charge in [-0.3, -0.25) is 0 Å². The van der Waals surface area contributed by atoms with Crippen molar-refractivity contribution in [1.82, 2.24) is 20.2 Å². The number of halogens is 2. The molecular formula is C22H25Cl2N5O2. The van der Waals surface area contributed by atoms with Crippen LogP contribution in [0.1, 0.15) is 43.9 Å². The number of anilines is 1. The Morgan fingerprint density at radius 3 is 2.81 bits per heavy atom. The fraction of sp³-hybridized carbons (Fsp3) is 0.409. The van der Waals surface area contributed by atoms with Crippen LogP contribution in [-0.4, -0.2) is 33.5 Å². The molecule has 1 aromatic carbocycles. The Morgan fingerprint density at radius 1 is 1.29 bits per heavy atom. The van der Waals surface area contributed by atoms with E-state index in [1.807, 2.05) is 12.2 Å². The Morgan fingerprint density at radius 2 is 2.10 bits per heavy atom. The zero-order chi connectivity index (χ0) is 22.0. The van der Waals surface area contributed by atoms with E-state index in [4.69, 9.17) is 33.7 Å². The minimum absolute atomic E-state index is 0.101. The van der Waals surface area contributed by atoms with Crippen LogP contribution in [0.15, 0.2) is 24.3 Å². The summed E-state index contributed by atoms with van der Waals surface area (Å²) < 4.78 is 5.95. The highest BCUT2D eigenvalue weighted by molar-refractivity contribution is 6.37. The van der Waals surface area contributed by atoms with Crippen molar-refractivity contribution in [1.29, 1.82) is 0 Å². The van der Waals surface area contributed by atoms with Crippen LogP contribution in [-0.2, 0) is 13.1 Å². The van der Waals surface area contributed by atoms with Gasteiger partial charge in [-0.15, -0.1) is 0 Å². The van der Waals surface area contributed by atoms with Gasteiger partial charge in [-0.05, 0) is 37.8 Å². The highest BCUT2D eigenvalue weighted by Gasteiger charge is 2.32. The first-order valence-electron chi connectivity index (χ1n) is 10.4. The molecule has 1 aromatic heterocycles. The van der Waals surface area contributed by atoms with Gasteiger partial charge in [0.15, 0.2) is 0 Å². The molecule has 164 valence electrons. The number of rotatable bonds is 6. The number of carbonyl (C=O) groups is 1. The molecule has 0 bridgehead atoms. The highest BCUT2D eigenvalue weighted by atomic mass is 35.5. The predicted molar refractivity (Wildman–Crippen MR) is 122 cm³/mol. The fourth-order valence-corrected chi connectivity index (χ4v) is 4.27. The van der Waals surface area contributed by atoms with E-state index < -0.39 is 0 Å². The van der Waals surface area contributed by atoms with Gasteiger partial charge in [0, 0.05) is 16.6 Å². The third-order valence-corrected chi connectivity index (χ3v) is 6.03. The number of hydrogen-bond donors (Lipinski definition) is 2. The monoisotopic (exact) mass is 461 g/mol. The molecule has 0 radical (unpaired) electrons. The SMILES string of the molecule is CCC=CCOc1cc(Cl)cc(Cl)c1-c1nc(N)nc2c1CN(C(=O)NC1CCC1)C2. The lowest BCUT2D eigenvalue weighted by Gasteiger charge is -2.28. The third-order valence-electron chi connectivity index (χ3n) is 5.51. The number of benzene rings is 1. The summed E-state index contributed by atoms with van der Waals surface area (Å²) in [5.74, 6) is 0.633. The van der Waals surface area contributed by atoms with Crippen molar-refractivity contribution in [3.05, 3.63) is 45.6 Å². The van der Waals surface area contributed by atoms with Crippen LogP contribution >= 0.6 is 23.2 Å². The van der Waals surface area contributed by atoms with Crippen LogP contribution in [0.3, 0.4) is 0 Å². The summed E-state index contributed by atoms with van der Waals surface area (Å²) in [7, 11) is 0. The number of nitrogen functional groups attached to an aromatic ring is 1. The molecule has 0 atom stereocenters. The first-order valence-corrected chi connectivity index (χ1v) is 11.2. The van der Waals surface area contributed by atoms with Crippen molar-refractivity contribution < 1.29 is 9.53 Å². The minimum Gasteiger partial charge on any atom is -0.489 e. The summed E-state index contributed by atoms with van der Waals surface area (Å²) in [6.07, 6.45) is 8.08. The number of fused-ring (bicyclic) bond motifs is 1. The van der Waals surface area contributed by atoms with Gasteiger partial charge in [0.2, 0.25) is 5.95 Å². The molecule has 2 aliphatic rings. The van der Waals surface area contributed by atoms with E-state index >= 15 is 0 Å². The molecule has 31 heavy (non-hydrogen) atoms. The van der Waals surface area contributed by atoms with Crippen LogP contribution in [0.5, 0.6) is 5.75 Å². The summed E-state index contributed by atoms with van der Waals surface area (Å²) in [5, 5.41) is 3.93. The Hall–Kier alpha value is -2.51. The molecule has 0 saturated heterocycles. The van der Waals surface area contributed by atoms with Gasteiger partial charge in [-0.2, -0.15) is 0 Å². The van der Waals surface area contributed by atoms with E-state index in [9.17, 15) is 4.79 Å². The number of hydrogen-bond acceptors (Lipinski definition) is 5. The summed E-state index contributed by atoms with van der Waals surface area (Å²) in [6.45, 7) is 3.17. The number of nitrogens with zero attached hydrogens (tertiary/aromatic N) is 3. The van der Waals surface area contributed by atoms with Gasteiger partial charge >= 0.3 is 6.03 Å². The van der Waals surface area contributed by atoms with Gasteiger partial charge in [-0.1, -0.05) is 42.3 Å². The van der Waals surface area contributed by atoms with E-state index in [0.29, 0.717) is 52.4 Å². The van der Waals surface area contributed by atoms with Crippen molar-refractivity contribution in [2.75, 3.05) is 12.3 Å². The standard InChI is InChI=1S/C22H25Cl2N5O2/c1-2-3-4-8-31-18-10-13(23)9-16(24)19(18)20-15-11-29(12-17(15)27-21(25)28-20)22(30)26-14-6-5-7-14/h3-4,9-10,14H,2,5-8,11-12H2,1H3,(H,26,30)(H2,25,27,28). The molecule has 9 heteroatoms. The summed E-state index contributed by atoms with van der Waals surface area (Å²) >= 11 is 12.8. The van der Waals surface area contributed by atoms with Gasteiger partial charge < -0.3 is 20.7 Å². The number of urea groups is 1. The fourth-order valence-electron chi connectivity index (χ4n) is 3.71. The molecular weight excluding hydrogens is 437 g/mol. The average Bonchev–Trinajstić information content (AvgIpc) is 3.11. The first kappa shape index (κ1) is 21.7. The normalized spacial score (nSPS) is 15.8. The highest BCUT2D eigenvalue weighted by Crippen LogP contribution is 2.42. The molecule has 0 unspecified atom stereocenters. The Kier molecular flexibility index (Phi) is 6.53. The Bertz CT molecular complexity index is 1020. The molecule has 7 nitrogen and oxygen atoms in total. The van der Waals surface area contributed by atoms with Crippen molar-refractivity contribution in [3.8, 4) is 17.0 Å². The van der Waals surface area contributed by atoms with Crippen molar-refractivity contribution in [2.45, 2.75) is 51.7 Å². The quantitative estimate of drug-likeness (QED) is 0.593. The smallest absolute Gasteiger partial charge is 0.318 e. The van der Waals surface area contributed by atoms with Gasteiger partial charge in [0.1, 0.15) is 12.4 Å². The number of nitrogens with two attached hydrogens (primary N) is 1. The number of ether oxygens (including phenoxy) is 1. The molecule has 2 amide bonds. The van der Waals surface area contributed by atoms with Crippen molar-refractivity contribution in [3.63, 3.8) is 0 Å². The molecule has 1 aliphatic heterocycles. The van der Waals surface area contributed by atoms with E-state index in [1.165, 1.54) is 0 Å². The molecule has 1 fully saturated rings. The largest absolute Gasteiger partial charge is 0.489 e. The molecule has 2 heterocycles. The van der Waals surface area contributed by atoms with Crippen LogP contribution < -0.4 is 15.8 Å².